The van der Waals surface area contributed by atoms with Gasteiger partial charge in [0.25, 0.3) is 0 Å². The molecule has 0 bridgehead atoms. The van der Waals surface area contributed by atoms with E-state index in [0.717, 1.165) is 18.6 Å². The van der Waals surface area contributed by atoms with Crippen molar-refractivity contribution in [2.45, 2.75) is 89.9 Å². The largest absolute Gasteiger partial charge is 0.497 e. The molecule has 2 aliphatic carbocycles. The second-order valence-corrected chi connectivity index (χ2v) is 15.2. The molecule has 0 amide bonds. The molecular weight excluding hydrogens is 556 g/mol. The summed E-state index contributed by atoms with van der Waals surface area (Å²) in [5, 5.41) is 0. The molecule has 0 radical (unpaired) electrons. The van der Waals surface area contributed by atoms with Gasteiger partial charge in [-0.25, -0.2) is 0 Å². The molecule has 0 spiro atoms. The Morgan fingerprint density at radius 1 is 0.478 bits per heavy atom. The number of fused-ring (bicyclic) bond motifs is 6. The molecule has 7 rings (SSSR count). The molecule has 0 saturated heterocycles. The predicted molar refractivity (Wildman–Crippen MR) is 194 cm³/mol. The summed E-state index contributed by atoms with van der Waals surface area (Å²) in [5.41, 5.74) is 16.5. The Morgan fingerprint density at radius 3 is 1.28 bits per heavy atom. The van der Waals surface area contributed by atoms with Gasteiger partial charge in [0.1, 0.15) is 5.75 Å². The Labute approximate surface area is 276 Å². The first-order valence-corrected chi connectivity index (χ1v) is 17.1. The van der Waals surface area contributed by atoms with Crippen molar-refractivity contribution in [1.82, 2.24) is 0 Å². The van der Waals surface area contributed by atoms with E-state index in [2.05, 4.69) is 159 Å². The lowest BCUT2D eigenvalue weighted by Gasteiger charge is -2.33. The van der Waals surface area contributed by atoms with E-state index in [4.69, 9.17) is 4.74 Å². The predicted octanol–water partition coefficient (Wildman–Crippen LogP) is 11.7. The number of rotatable bonds is 7. The molecule has 2 atom stereocenters. The third-order valence-corrected chi connectivity index (χ3v) is 12.3. The standard InChI is InChI=1S/C45H48O/c1-10-44(7,29-16-21-33(46-9)22-17-29)30-18-24-36-37-25-20-32(28-41(37)43(5,6)40(36)26-30)45(8,11-2)31-19-23-35-34-14-12-13-15-38(34)42(3,4)39(35)27-31/h12-28H,10-11H2,1-9H3. The van der Waals surface area contributed by atoms with E-state index in [0.29, 0.717) is 0 Å². The van der Waals surface area contributed by atoms with Gasteiger partial charge < -0.3 is 4.74 Å². The normalized spacial score (nSPS) is 17.7. The van der Waals surface area contributed by atoms with Gasteiger partial charge in [-0.15, -0.1) is 0 Å². The van der Waals surface area contributed by atoms with Gasteiger partial charge in [0, 0.05) is 21.7 Å². The summed E-state index contributed by atoms with van der Waals surface area (Å²) in [6.45, 7) is 19.1. The molecule has 0 aliphatic heterocycles. The molecule has 46 heavy (non-hydrogen) atoms. The van der Waals surface area contributed by atoms with Gasteiger partial charge >= 0.3 is 0 Å². The first-order valence-electron chi connectivity index (χ1n) is 17.1. The lowest BCUT2D eigenvalue weighted by atomic mass is 9.70. The highest BCUT2D eigenvalue weighted by Crippen LogP contribution is 2.53. The van der Waals surface area contributed by atoms with Gasteiger partial charge in [-0.1, -0.05) is 146 Å². The van der Waals surface area contributed by atoms with Crippen molar-refractivity contribution in [3.05, 3.63) is 148 Å². The number of ether oxygens (including phenoxy) is 1. The van der Waals surface area contributed by atoms with Crippen LogP contribution in [0.5, 0.6) is 5.75 Å². The minimum absolute atomic E-state index is 0.00529. The molecule has 1 heteroatoms. The van der Waals surface area contributed by atoms with Gasteiger partial charge in [0.2, 0.25) is 0 Å². The molecule has 5 aromatic carbocycles. The van der Waals surface area contributed by atoms with Gasteiger partial charge in [0.15, 0.2) is 0 Å². The molecule has 1 nitrogen and oxygen atoms in total. The Morgan fingerprint density at radius 2 is 0.848 bits per heavy atom. The highest BCUT2D eigenvalue weighted by atomic mass is 16.5. The highest BCUT2D eigenvalue weighted by molar-refractivity contribution is 5.83. The molecular formula is C45H48O. The number of benzene rings is 5. The van der Waals surface area contributed by atoms with Crippen molar-refractivity contribution in [3.8, 4) is 28.0 Å². The fraction of sp³-hybridized carbons (Fsp3) is 0.333. The third-order valence-electron chi connectivity index (χ3n) is 12.3. The van der Waals surface area contributed by atoms with Crippen LogP contribution in [0.1, 0.15) is 113 Å². The Hall–Kier alpha value is -4.10. The van der Waals surface area contributed by atoms with E-state index >= 15 is 0 Å². The second-order valence-electron chi connectivity index (χ2n) is 15.2. The molecule has 0 saturated carbocycles. The summed E-state index contributed by atoms with van der Waals surface area (Å²) in [7, 11) is 1.73. The van der Waals surface area contributed by atoms with E-state index in [1.54, 1.807) is 7.11 Å². The SMILES string of the molecule is CCC(C)(c1ccc(OC)cc1)c1ccc2c(c1)C(C)(C)c1cc(C(C)(CC)c3ccc4c(c3)C(C)(C)c3ccccc3-4)ccc1-2. The van der Waals surface area contributed by atoms with Gasteiger partial charge in [-0.05, 0) is 91.7 Å². The van der Waals surface area contributed by atoms with E-state index in [-0.39, 0.29) is 21.7 Å². The average molecular weight is 605 g/mol. The summed E-state index contributed by atoms with van der Waals surface area (Å²) < 4.78 is 5.46. The average Bonchev–Trinajstić information content (AvgIpc) is 3.46. The van der Waals surface area contributed by atoms with Gasteiger partial charge in [0.05, 0.1) is 7.11 Å². The van der Waals surface area contributed by atoms with Crippen molar-refractivity contribution in [1.29, 1.82) is 0 Å². The third kappa shape index (κ3) is 4.20. The van der Waals surface area contributed by atoms with Crippen LogP contribution < -0.4 is 4.74 Å². The molecule has 2 unspecified atom stereocenters. The Kier molecular flexibility index (Phi) is 6.95. The molecule has 0 N–H and O–H groups in total. The van der Waals surface area contributed by atoms with Crippen molar-refractivity contribution >= 4 is 0 Å². The number of hydrogen-bond donors (Lipinski definition) is 0. The summed E-state index contributed by atoms with van der Waals surface area (Å²) in [4.78, 5) is 0. The maximum Gasteiger partial charge on any atom is 0.118 e. The zero-order valence-corrected chi connectivity index (χ0v) is 29.1. The molecule has 0 aromatic heterocycles. The minimum atomic E-state index is -0.0971. The van der Waals surface area contributed by atoms with Gasteiger partial charge in [-0.2, -0.15) is 0 Å². The van der Waals surface area contributed by atoms with Crippen molar-refractivity contribution < 1.29 is 4.74 Å². The summed E-state index contributed by atoms with van der Waals surface area (Å²) in [6, 6.07) is 39.5. The molecule has 0 heterocycles. The first kappa shape index (κ1) is 30.5. The van der Waals surface area contributed by atoms with E-state index < -0.39 is 0 Å². The molecule has 0 fully saturated rings. The Balaban J connectivity index is 1.29. The smallest absolute Gasteiger partial charge is 0.118 e. The van der Waals surface area contributed by atoms with Crippen LogP contribution in [0.15, 0.2) is 103 Å². The van der Waals surface area contributed by atoms with Crippen LogP contribution >= 0.6 is 0 Å². The molecule has 2 aliphatic rings. The molecule has 234 valence electrons. The lowest BCUT2D eigenvalue weighted by molar-refractivity contribution is 0.414. The van der Waals surface area contributed by atoms with Crippen LogP contribution in [0.3, 0.4) is 0 Å². The summed E-state index contributed by atoms with van der Waals surface area (Å²) >= 11 is 0. The van der Waals surface area contributed by atoms with Crippen LogP contribution in [0.25, 0.3) is 22.3 Å². The second kappa shape index (κ2) is 10.5. The summed E-state index contributed by atoms with van der Waals surface area (Å²) in [5.74, 6) is 0.899. The van der Waals surface area contributed by atoms with Crippen LogP contribution in [-0.2, 0) is 21.7 Å². The van der Waals surface area contributed by atoms with Crippen molar-refractivity contribution in [2.75, 3.05) is 7.11 Å². The van der Waals surface area contributed by atoms with Crippen LogP contribution in [-0.4, -0.2) is 7.11 Å². The van der Waals surface area contributed by atoms with Crippen LogP contribution in [0, 0.1) is 0 Å². The van der Waals surface area contributed by atoms with E-state index in [9.17, 15) is 0 Å². The number of methoxy groups -OCH3 is 1. The minimum Gasteiger partial charge on any atom is -0.497 e. The van der Waals surface area contributed by atoms with E-state index in [1.165, 1.54) is 66.8 Å². The van der Waals surface area contributed by atoms with Crippen LogP contribution in [0.4, 0.5) is 0 Å². The van der Waals surface area contributed by atoms with Crippen molar-refractivity contribution in [2.24, 2.45) is 0 Å². The lowest BCUT2D eigenvalue weighted by Crippen LogP contribution is -2.25. The fourth-order valence-corrected chi connectivity index (χ4v) is 8.58. The zero-order chi connectivity index (χ0) is 32.6. The quantitative estimate of drug-likeness (QED) is 0.180. The number of hydrogen-bond acceptors (Lipinski definition) is 1. The fourth-order valence-electron chi connectivity index (χ4n) is 8.58. The topological polar surface area (TPSA) is 9.23 Å². The van der Waals surface area contributed by atoms with Gasteiger partial charge in [-0.3, -0.25) is 0 Å². The first-order chi connectivity index (χ1) is 21.9. The highest BCUT2D eigenvalue weighted by Gasteiger charge is 2.41. The Bertz CT molecular complexity index is 1970. The van der Waals surface area contributed by atoms with E-state index in [1.807, 2.05) is 0 Å². The maximum absolute atomic E-state index is 5.46. The monoisotopic (exact) mass is 604 g/mol. The van der Waals surface area contributed by atoms with Crippen molar-refractivity contribution in [3.63, 3.8) is 0 Å². The molecule has 5 aromatic rings. The van der Waals surface area contributed by atoms with Crippen LogP contribution in [0.2, 0.25) is 0 Å². The zero-order valence-electron chi connectivity index (χ0n) is 29.1. The summed E-state index contributed by atoms with van der Waals surface area (Å²) in [6.07, 6.45) is 2.05. The maximum atomic E-state index is 5.46.